The second kappa shape index (κ2) is 5.41. The van der Waals surface area contributed by atoms with E-state index in [1.165, 1.54) is 16.8 Å². The van der Waals surface area contributed by atoms with Crippen molar-refractivity contribution >= 4 is 11.5 Å². The number of hydrogen-bond acceptors (Lipinski definition) is 6. The van der Waals surface area contributed by atoms with Crippen molar-refractivity contribution in [1.82, 2.24) is 25.3 Å². The summed E-state index contributed by atoms with van der Waals surface area (Å²) in [6.07, 6.45) is -0.794. The Kier molecular flexibility index (Phi) is 3.44. The third kappa shape index (κ3) is 2.79. The van der Waals surface area contributed by atoms with Crippen molar-refractivity contribution in [2.24, 2.45) is 0 Å². The predicted octanol–water partition coefficient (Wildman–Crippen LogP) is 1.19. The van der Waals surface area contributed by atoms with Gasteiger partial charge in [0.1, 0.15) is 11.6 Å². The van der Waals surface area contributed by atoms with E-state index < -0.39 is 6.10 Å². The van der Waals surface area contributed by atoms with Crippen molar-refractivity contribution in [3.05, 3.63) is 47.8 Å². The molecule has 0 saturated heterocycles. The van der Waals surface area contributed by atoms with E-state index in [9.17, 15) is 9.50 Å². The van der Waals surface area contributed by atoms with Crippen molar-refractivity contribution in [2.45, 2.75) is 19.1 Å². The quantitative estimate of drug-likeness (QED) is 0.750. The minimum atomic E-state index is -0.794. The van der Waals surface area contributed by atoms with E-state index in [1.54, 1.807) is 31.2 Å². The largest absolute Gasteiger partial charge is 0.386 e. The van der Waals surface area contributed by atoms with Gasteiger partial charge in [-0.15, -0.1) is 14.8 Å². The summed E-state index contributed by atoms with van der Waals surface area (Å²) in [6.45, 7) is 1.81. The normalized spacial score (nSPS) is 14.0. The van der Waals surface area contributed by atoms with Gasteiger partial charge in [-0.2, -0.15) is 0 Å². The van der Waals surface area contributed by atoms with Gasteiger partial charge in [0, 0.05) is 0 Å². The number of fused-ring (bicyclic) bond motifs is 1. The van der Waals surface area contributed by atoms with Crippen molar-refractivity contribution in [3.63, 3.8) is 0 Å². The van der Waals surface area contributed by atoms with Gasteiger partial charge in [-0.25, -0.2) is 4.39 Å². The van der Waals surface area contributed by atoms with E-state index >= 15 is 0 Å². The van der Waals surface area contributed by atoms with Crippen LogP contribution >= 0.6 is 0 Å². The molecule has 1 aromatic carbocycles. The fourth-order valence-electron chi connectivity index (χ4n) is 1.99. The van der Waals surface area contributed by atoms with Gasteiger partial charge in [-0.3, -0.25) is 0 Å². The molecule has 0 aliphatic carbocycles. The summed E-state index contributed by atoms with van der Waals surface area (Å²) >= 11 is 0. The van der Waals surface area contributed by atoms with Crippen LogP contribution in [0.2, 0.25) is 0 Å². The van der Waals surface area contributed by atoms with E-state index in [0.29, 0.717) is 17.0 Å². The third-order valence-electron chi connectivity index (χ3n) is 3.13. The van der Waals surface area contributed by atoms with Crippen LogP contribution in [0.3, 0.4) is 0 Å². The highest BCUT2D eigenvalue weighted by Crippen LogP contribution is 2.19. The van der Waals surface area contributed by atoms with Crippen LogP contribution in [0.1, 0.15) is 18.6 Å². The molecule has 2 atom stereocenters. The maximum atomic E-state index is 12.9. The number of nitrogens with one attached hydrogen (secondary N) is 1. The molecule has 2 unspecified atom stereocenters. The average Bonchev–Trinajstić information content (AvgIpc) is 2.95. The summed E-state index contributed by atoms with van der Waals surface area (Å²) in [6, 6.07) is 8.85. The highest BCUT2D eigenvalue weighted by atomic mass is 19.1. The maximum Gasteiger partial charge on any atom is 0.200 e. The third-order valence-corrected chi connectivity index (χ3v) is 3.13. The van der Waals surface area contributed by atoms with Gasteiger partial charge in [-0.1, -0.05) is 12.1 Å². The molecule has 21 heavy (non-hydrogen) atoms. The number of aliphatic hydroxyl groups excluding tert-OH is 1. The average molecular weight is 288 g/mol. The summed E-state index contributed by atoms with van der Waals surface area (Å²) in [5, 5.41) is 28.4. The number of aliphatic hydroxyl groups is 1. The Morgan fingerprint density at radius 1 is 1.19 bits per heavy atom. The predicted molar refractivity (Wildman–Crippen MR) is 73.0 cm³/mol. The number of halogens is 1. The van der Waals surface area contributed by atoms with E-state index in [0.717, 1.165) is 0 Å². The Morgan fingerprint density at radius 2 is 1.95 bits per heavy atom. The topological polar surface area (TPSA) is 88.2 Å². The molecule has 0 aliphatic rings. The molecule has 2 N–H and O–H groups in total. The zero-order chi connectivity index (χ0) is 14.8. The zero-order valence-corrected chi connectivity index (χ0v) is 11.2. The van der Waals surface area contributed by atoms with Crippen LogP contribution in [-0.4, -0.2) is 36.4 Å². The van der Waals surface area contributed by atoms with Crippen LogP contribution < -0.4 is 5.32 Å². The molecule has 2 heterocycles. The summed E-state index contributed by atoms with van der Waals surface area (Å²) in [5.41, 5.74) is 1.16. The molecule has 0 radical (unpaired) electrons. The molecule has 7 nitrogen and oxygen atoms in total. The maximum absolute atomic E-state index is 12.9. The second-order valence-corrected chi connectivity index (χ2v) is 4.67. The standard InChI is InChI=1S/C13H13FN6O/c1-8(13(21)9-2-4-10(14)5-3-9)15-11-6-7-12-16-18-19-20(12)17-11/h2-8,13,21H,1H3,(H,15,17). The molecule has 0 aliphatic heterocycles. The smallest absolute Gasteiger partial charge is 0.200 e. The van der Waals surface area contributed by atoms with Gasteiger partial charge in [0.25, 0.3) is 0 Å². The molecule has 3 aromatic rings. The van der Waals surface area contributed by atoms with E-state index in [1.807, 2.05) is 0 Å². The minimum Gasteiger partial charge on any atom is -0.386 e. The molecular weight excluding hydrogens is 275 g/mol. The summed E-state index contributed by atoms with van der Waals surface area (Å²) < 4.78 is 14.2. The Hall–Kier alpha value is -2.61. The SMILES string of the molecule is CC(Nc1ccc2nnnn2n1)C(O)c1ccc(F)cc1. The van der Waals surface area contributed by atoms with Gasteiger partial charge >= 0.3 is 0 Å². The molecule has 8 heteroatoms. The van der Waals surface area contributed by atoms with E-state index in [2.05, 4.69) is 25.9 Å². The van der Waals surface area contributed by atoms with Crippen LogP contribution in [-0.2, 0) is 0 Å². The fraction of sp³-hybridized carbons (Fsp3) is 0.231. The first kappa shape index (κ1) is 13.4. The van der Waals surface area contributed by atoms with Crippen molar-refractivity contribution < 1.29 is 9.50 Å². The number of hydrogen-bond donors (Lipinski definition) is 2. The Bertz CT molecular complexity index is 744. The molecule has 108 valence electrons. The van der Waals surface area contributed by atoms with Gasteiger partial charge in [0.2, 0.25) is 0 Å². The number of benzene rings is 1. The van der Waals surface area contributed by atoms with Crippen molar-refractivity contribution in [3.8, 4) is 0 Å². The van der Waals surface area contributed by atoms with Crippen molar-refractivity contribution in [1.29, 1.82) is 0 Å². The molecule has 0 spiro atoms. The Labute approximate surface area is 119 Å². The Balaban J connectivity index is 1.75. The second-order valence-electron chi connectivity index (χ2n) is 4.67. The van der Waals surface area contributed by atoms with Crippen LogP contribution in [0.5, 0.6) is 0 Å². The highest BCUT2D eigenvalue weighted by molar-refractivity contribution is 5.43. The molecule has 3 rings (SSSR count). The molecule has 2 aromatic heterocycles. The lowest BCUT2D eigenvalue weighted by molar-refractivity contribution is 0.160. The fourth-order valence-corrected chi connectivity index (χ4v) is 1.99. The number of rotatable bonds is 4. The number of nitrogens with zero attached hydrogens (tertiary/aromatic N) is 5. The minimum absolute atomic E-state index is 0.322. The molecule has 0 saturated carbocycles. The molecule has 0 amide bonds. The van der Waals surface area contributed by atoms with Gasteiger partial charge in [0.05, 0.1) is 12.1 Å². The number of tetrazole rings is 1. The summed E-state index contributed by atoms with van der Waals surface area (Å²) in [7, 11) is 0. The molecule has 0 fully saturated rings. The van der Waals surface area contributed by atoms with Gasteiger partial charge < -0.3 is 10.4 Å². The molecule has 0 bridgehead atoms. The van der Waals surface area contributed by atoms with Crippen LogP contribution in [0.15, 0.2) is 36.4 Å². The highest BCUT2D eigenvalue weighted by Gasteiger charge is 2.17. The zero-order valence-electron chi connectivity index (χ0n) is 11.2. The molecular formula is C13H13FN6O. The van der Waals surface area contributed by atoms with E-state index in [4.69, 9.17) is 0 Å². The van der Waals surface area contributed by atoms with E-state index in [-0.39, 0.29) is 11.9 Å². The summed E-state index contributed by atoms with van der Waals surface area (Å²) in [4.78, 5) is 0. The van der Waals surface area contributed by atoms with Gasteiger partial charge in [0.15, 0.2) is 5.65 Å². The first-order chi connectivity index (χ1) is 10.1. The lowest BCUT2D eigenvalue weighted by Gasteiger charge is -2.20. The van der Waals surface area contributed by atoms with Crippen LogP contribution in [0.4, 0.5) is 10.2 Å². The number of aromatic nitrogens is 5. The van der Waals surface area contributed by atoms with Gasteiger partial charge in [-0.05, 0) is 47.2 Å². The van der Waals surface area contributed by atoms with Crippen LogP contribution in [0, 0.1) is 5.82 Å². The number of anilines is 1. The lowest BCUT2D eigenvalue weighted by Crippen LogP contribution is -2.25. The summed E-state index contributed by atoms with van der Waals surface area (Å²) in [5.74, 6) is 0.195. The first-order valence-electron chi connectivity index (χ1n) is 6.39. The monoisotopic (exact) mass is 288 g/mol. The Morgan fingerprint density at radius 3 is 2.71 bits per heavy atom. The lowest BCUT2D eigenvalue weighted by atomic mass is 10.0. The first-order valence-corrected chi connectivity index (χ1v) is 6.39. The van der Waals surface area contributed by atoms with Crippen molar-refractivity contribution in [2.75, 3.05) is 5.32 Å². The van der Waals surface area contributed by atoms with Crippen LogP contribution in [0.25, 0.3) is 5.65 Å².